The molecule has 1 atom stereocenters. The van der Waals surface area contributed by atoms with Crippen molar-refractivity contribution in [2.24, 2.45) is 5.41 Å². The van der Waals surface area contributed by atoms with E-state index in [0.29, 0.717) is 17.9 Å². The lowest BCUT2D eigenvalue weighted by atomic mass is 9.81. The van der Waals surface area contributed by atoms with E-state index in [9.17, 15) is 9.90 Å². The molecule has 0 aliphatic carbocycles. The number of piperidine rings is 1. The van der Waals surface area contributed by atoms with Crippen molar-refractivity contribution in [1.82, 2.24) is 4.98 Å². The lowest BCUT2D eigenvalue weighted by Gasteiger charge is -2.41. The average molecular weight is 511 g/mol. The first-order chi connectivity index (χ1) is 17.0. The van der Waals surface area contributed by atoms with Crippen molar-refractivity contribution in [3.8, 4) is 11.1 Å². The zero-order valence-corrected chi connectivity index (χ0v) is 24.5. The van der Waals surface area contributed by atoms with Gasteiger partial charge >= 0.3 is 5.97 Å². The van der Waals surface area contributed by atoms with Crippen molar-refractivity contribution >= 4 is 11.7 Å². The third kappa shape index (κ3) is 7.55. The molecule has 1 aromatic carbocycles. The van der Waals surface area contributed by atoms with E-state index in [4.69, 9.17) is 14.5 Å². The van der Waals surface area contributed by atoms with Crippen molar-refractivity contribution in [2.75, 3.05) is 18.0 Å². The number of aliphatic carboxylic acids is 1. The van der Waals surface area contributed by atoms with Crippen molar-refractivity contribution < 1.29 is 19.4 Å². The van der Waals surface area contributed by atoms with E-state index in [1.807, 2.05) is 34.6 Å². The number of ether oxygens (including phenoxy) is 2. The molecule has 1 fully saturated rings. The SMILES string of the molecule is Cc1nc(C)c(C(OC(C)(C)C)C(=O)O)c(N2CCC(C)(C)CC2)c1-c1ccc(COC(C)(C)C)cc1. The van der Waals surface area contributed by atoms with Gasteiger partial charge in [-0.3, -0.25) is 4.98 Å². The molecule has 0 radical (unpaired) electrons. The van der Waals surface area contributed by atoms with Gasteiger partial charge in [-0.2, -0.15) is 0 Å². The third-order valence-corrected chi connectivity index (χ3v) is 6.88. The highest BCUT2D eigenvalue weighted by Crippen LogP contribution is 2.44. The molecule has 1 aliphatic rings. The van der Waals surface area contributed by atoms with E-state index in [2.05, 4.69) is 63.8 Å². The molecular formula is C31H46N2O4. The lowest BCUT2D eigenvalue weighted by molar-refractivity contribution is -0.160. The van der Waals surface area contributed by atoms with Gasteiger partial charge in [0.15, 0.2) is 6.10 Å². The molecule has 0 saturated carbocycles. The first kappa shape index (κ1) is 29.1. The average Bonchev–Trinajstić information content (AvgIpc) is 2.75. The van der Waals surface area contributed by atoms with Gasteiger partial charge in [-0.15, -0.1) is 0 Å². The van der Waals surface area contributed by atoms with Crippen LogP contribution in [0.4, 0.5) is 5.69 Å². The van der Waals surface area contributed by atoms with Crippen molar-refractivity contribution in [2.45, 2.75) is 106 Å². The second-order valence-corrected chi connectivity index (χ2v) is 13.1. The first-order valence-electron chi connectivity index (χ1n) is 13.4. The quantitative estimate of drug-likeness (QED) is 0.423. The molecule has 204 valence electrons. The summed E-state index contributed by atoms with van der Waals surface area (Å²) in [6, 6.07) is 8.37. The van der Waals surface area contributed by atoms with Crippen molar-refractivity contribution in [3.63, 3.8) is 0 Å². The highest BCUT2D eigenvalue weighted by atomic mass is 16.5. The minimum absolute atomic E-state index is 0.209. The van der Waals surface area contributed by atoms with Gasteiger partial charge < -0.3 is 19.5 Å². The largest absolute Gasteiger partial charge is 0.479 e. The van der Waals surface area contributed by atoms with Gasteiger partial charge in [0.05, 0.1) is 23.5 Å². The van der Waals surface area contributed by atoms with Crippen LogP contribution in [0.5, 0.6) is 0 Å². The maximum atomic E-state index is 12.6. The van der Waals surface area contributed by atoms with Crippen molar-refractivity contribution in [1.29, 1.82) is 0 Å². The summed E-state index contributed by atoms with van der Waals surface area (Å²) in [7, 11) is 0. The van der Waals surface area contributed by atoms with Gasteiger partial charge in [0.25, 0.3) is 0 Å². The fourth-order valence-corrected chi connectivity index (χ4v) is 4.82. The van der Waals surface area contributed by atoms with Gasteiger partial charge in [-0.25, -0.2) is 4.79 Å². The number of nitrogens with zero attached hydrogens (tertiary/aromatic N) is 2. The molecule has 0 amide bonds. The van der Waals surface area contributed by atoms with Crippen LogP contribution in [0.1, 0.15) is 96.9 Å². The summed E-state index contributed by atoms with van der Waals surface area (Å²) in [5.74, 6) is -0.997. The molecule has 0 spiro atoms. The second kappa shape index (κ2) is 10.7. The van der Waals surface area contributed by atoms with Crippen LogP contribution < -0.4 is 4.90 Å². The molecule has 1 N–H and O–H groups in total. The topological polar surface area (TPSA) is 71.9 Å². The highest BCUT2D eigenvalue weighted by Gasteiger charge is 2.36. The Hall–Kier alpha value is -2.44. The van der Waals surface area contributed by atoms with E-state index >= 15 is 0 Å². The smallest absolute Gasteiger partial charge is 0.337 e. The molecule has 1 saturated heterocycles. The normalized spacial score (nSPS) is 17.1. The number of hydrogen-bond acceptors (Lipinski definition) is 5. The van der Waals surface area contributed by atoms with Gasteiger partial charge in [0.1, 0.15) is 0 Å². The Balaban J connectivity index is 2.18. The molecule has 3 rings (SSSR count). The molecule has 0 bridgehead atoms. The van der Waals surface area contributed by atoms with Crippen LogP contribution in [0.3, 0.4) is 0 Å². The summed E-state index contributed by atoms with van der Waals surface area (Å²) >= 11 is 0. The van der Waals surface area contributed by atoms with E-state index < -0.39 is 17.7 Å². The summed E-state index contributed by atoms with van der Waals surface area (Å²) in [4.78, 5) is 19.8. The summed E-state index contributed by atoms with van der Waals surface area (Å²) in [6.45, 7) is 22.6. The Kier molecular flexibility index (Phi) is 8.45. The lowest BCUT2D eigenvalue weighted by Crippen LogP contribution is -2.39. The Morgan fingerprint density at radius 1 is 1.00 bits per heavy atom. The minimum atomic E-state index is -1.11. The van der Waals surface area contributed by atoms with Crippen LogP contribution in [-0.2, 0) is 20.9 Å². The van der Waals surface area contributed by atoms with E-state index in [-0.39, 0.29) is 11.0 Å². The second-order valence-electron chi connectivity index (χ2n) is 13.1. The number of anilines is 1. The van der Waals surface area contributed by atoms with Crippen LogP contribution in [0.15, 0.2) is 24.3 Å². The Morgan fingerprint density at radius 3 is 2.05 bits per heavy atom. The molecule has 2 heterocycles. The fraction of sp³-hybridized carbons (Fsp3) is 0.613. The molecule has 1 unspecified atom stereocenters. The number of pyridine rings is 1. The van der Waals surface area contributed by atoms with Crippen LogP contribution >= 0.6 is 0 Å². The monoisotopic (exact) mass is 510 g/mol. The highest BCUT2D eigenvalue weighted by molar-refractivity contribution is 5.88. The summed E-state index contributed by atoms with van der Waals surface area (Å²) < 4.78 is 12.1. The number of aryl methyl sites for hydroxylation is 2. The first-order valence-corrected chi connectivity index (χ1v) is 13.4. The summed E-state index contributed by atoms with van der Waals surface area (Å²) in [5, 5.41) is 10.3. The number of rotatable bonds is 7. The molecule has 6 heteroatoms. The van der Waals surface area contributed by atoms with Crippen LogP contribution in [0, 0.1) is 19.3 Å². The zero-order chi connectivity index (χ0) is 27.8. The third-order valence-electron chi connectivity index (χ3n) is 6.88. The van der Waals surface area contributed by atoms with E-state index in [1.54, 1.807) is 0 Å². The molecular weight excluding hydrogens is 464 g/mol. The Bertz CT molecular complexity index is 1100. The number of benzene rings is 1. The maximum Gasteiger partial charge on any atom is 0.337 e. The standard InChI is InChI=1S/C31H46N2O4/c1-20-24(23-13-11-22(12-14-23)19-36-29(3,4)5)26(33-17-15-31(9,10)16-18-33)25(21(2)32-20)27(28(34)35)37-30(6,7)8/h11-14,27H,15-19H2,1-10H3,(H,34,35). The fourth-order valence-electron chi connectivity index (χ4n) is 4.82. The minimum Gasteiger partial charge on any atom is -0.479 e. The maximum absolute atomic E-state index is 12.6. The van der Waals surface area contributed by atoms with E-state index in [0.717, 1.165) is 54.0 Å². The molecule has 6 nitrogen and oxygen atoms in total. The van der Waals surface area contributed by atoms with Gasteiger partial charge in [-0.1, -0.05) is 38.1 Å². The summed E-state index contributed by atoms with van der Waals surface area (Å²) in [5.41, 5.74) is 5.70. The number of carboxylic acids is 1. The number of aromatic nitrogens is 1. The molecule has 37 heavy (non-hydrogen) atoms. The summed E-state index contributed by atoms with van der Waals surface area (Å²) in [6.07, 6.45) is 0.955. The molecule has 1 aliphatic heterocycles. The van der Waals surface area contributed by atoms with Crippen LogP contribution in [0.25, 0.3) is 11.1 Å². The Morgan fingerprint density at radius 2 is 1.57 bits per heavy atom. The Labute approximate surface area is 223 Å². The van der Waals surface area contributed by atoms with E-state index in [1.165, 1.54) is 0 Å². The van der Waals surface area contributed by atoms with Crippen LogP contribution in [0.2, 0.25) is 0 Å². The van der Waals surface area contributed by atoms with Crippen LogP contribution in [-0.4, -0.2) is 40.4 Å². The predicted molar refractivity (Wildman–Crippen MR) is 150 cm³/mol. The molecule has 2 aromatic rings. The number of carbonyl (C=O) groups is 1. The van der Waals surface area contributed by atoms with Crippen molar-refractivity contribution in [3.05, 3.63) is 46.8 Å². The zero-order valence-electron chi connectivity index (χ0n) is 24.5. The van der Waals surface area contributed by atoms with Gasteiger partial charge in [-0.05, 0) is 84.8 Å². The molecule has 1 aromatic heterocycles. The van der Waals surface area contributed by atoms with Gasteiger partial charge in [0, 0.05) is 35.6 Å². The number of carboxylic acid groups (broad SMARTS) is 1. The van der Waals surface area contributed by atoms with Gasteiger partial charge in [0.2, 0.25) is 0 Å². The number of hydrogen-bond donors (Lipinski definition) is 1. The predicted octanol–water partition coefficient (Wildman–Crippen LogP) is 7.25.